The van der Waals surface area contributed by atoms with Gasteiger partial charge in [0.15, 0.2) is 0 Å². The van der Waals surface area contributed by atoms with Gasteiger partial charge in [-0.1, -0.05) is 15.9 Å². The molecule has 19 heavy (non-hydrogen) atoms. The summed E-state index contributed by atoms with van der Waals surface area (Å²) in [5, 5.41) is 0. The first-order valence-electron chi connectivity index (χ1n) is 6.87. The summed E-state index contributed by atoms with van der Waals surface area (Å²) in [7, 11) is 1.71. The summed E-state index contributed by atoms with van der Waals surface area (Å²) in [6, 6.07) is 0. The molecule has 0 amide bonds. The van der Waals surface area contributed by atoms with Crippen LogP contribution in [0.15, 0.2) is 0 Å². The van der Waals surface area contributed by atoms with Crippen molar-refractivity contribution in [1.29, 1.82) is 0 Å². The third-order valence-electron chi connectivity index (χ3n) is 3.64. The van der Waals surface area contributed by atoms with Crippen LogP contribution in [0.5, 0.6) is 0 Å². The second kappa shape index (κ2) is 7.60. The zero-order valence-electron chi connectivity index (χ0n) is 12.3. The van der Waals surface area contributed by atoms with E-state index < -0.39 is 0 Å². The standard InChI is InChI=1S/C14H25BrO4/c1-5-18-13(16)10-8-11(15)12(9-10)19-7-6-14(2,3)17-4/h10-12H,5-9H2,1-4H3. The molecule has 0 aromatic rings. The summed E-state index contributed by atoms with van der Waals surface area (Å²) in [5.74, 6) is -0.139. The van der Waals surface area contributed by atoms with Gasteiger partial charge in [0.05, 0.1) is 24.2 Å². The maximum absolute atomic E-state index is 11.7. The summed E-state index contributed by atoms with van der Waals surface area (Å²) in [4.78, 5) is 11.9. The van der Waals surface area contributed by atoms with E-state index in [1.54, 1.807) is 7.11 Å². The van der Waals surface area contributed by atoms with Crippen LogP contribution in [0.1, 0.15) is 40.0 Å². The number of halogens is 1. The minimum Gasteiger partial charge on any atom is -0.466 e. The maximum atomic E-state index is 11.7. The molecule has 0 bridgehead atoms. The number of alkyl halides is 1. The van der Waals surface area contributed by atoms with Crippen LogP contribution in [0.25, 0.3) is 0 Å². The van der Waals surface area contributed by atoms with Gasteiger partial charge < -0.3 is 14.2 Å². The van der Waals surface area contributed by atoms with Crippen molar-refractivity contribution < 1.29 is 19.0 Å². The molecule has 0 aromatic heterocycles. The van der Waals surface area contributed by atoms with E-state index in [9.17, 15) is 4.79 Å². The lowest BCUT2D eigenvalue weighted by Crippen LogP contribution is -2.27. The fourth-order valence-electron chi connectivity index (χ4n) is 2.13. The zero-order chi connectivity index (χ0) is 14.5. The van der Waals surface area contributed by atoms with E-state index in [0.29, 0.717) is 13.2 Å². The SMILES string of the molecule is CCOC(=O)C1CC(Br)C(OCCC(C)(C)OC)C1. The van der Waals surface area contributed by atoms with E-state index in [4.69, 9.17) is 14.2 Å². The van der Waals surface area contributed by atoms with Gasteiger partial charge in [0.2, 0.25) is 0 Å². The molecule has 1 aliphatic carbocycles. The Morgan fingerprint density at radius 3 is 2.63 bits per heavy atom. The molecule has 0 heterocycles. The first kappa shape index (κ1) is 16.9. The number of esters is 1. The highest BCUT2D eigenvalue weighted by molar-refractivity contribution is 9.09. The molecule has 112 valence electrons. The van der Waals surface area contributed by atoms with Gasteiger partial charge in [-0.2, -0.15) is 0 Å². The van der Waals surface area contributed by atoms with Crippen LogP contribution in [0.4, 0.5) is 0 Å². The van der Waals surface area contributed by atoms with E-state index in [-0.39, 0.29) is 28.4 Å². The summed E-state index contributed by atoms with van der Waals surface area (Å²) in [6.07, 6.45) is 2.45. The summed E-state index contributed by atoms with van der Waals surface area (Å²) in [6.45, 7) is 6.99. The van der Waals surface area contributed by atoms with E-state index >= 15 is 0 Å². The molecule has 0 saturated heterocycles. The normalized spacial score (nSPS) is 27.5. The number of hydrogen-bond donors (Lipinski definition) is 0. The van der Waals surface area contributed by atoms with Crippen molar-refractivity contribution >= 4 is 21.9 Å². The van der Waals surface area contributed by atoms with Gasteiger partial charge in [0.1, 0.15) is 0 Å². The van der Waals surface area contributed by atoms with E-state index in [0.717, 1.165) is 19.3 Å². The summed E-state index contributed by atoms with van der Waals surface area (Å²) >= 11 is 3.60. The molecule has 1 saturated carbocycles. The molecule has 0 radical (unpaired) electrons. The highest BCUT2D eigenvalue weighted by Crippen LogP contribution is 2.34. The molecule has 0 aliphatic heterocycles. The zero-order valence-corrected chi connectivity index (χ0v) is 13.9. The first-order valence-corrected chi connectivity index (χ1v) is 7.78. The highest BCUT2D eigenvalue weighted by atomic mass is 79.9. The summed E-state index contributed by atoms with van der Waals surface area (Å²) in [5.41, 5.74) is -0.166. The van der Waals surface area contributed by atoms with Crippen LogP contribution in [0.3, 0.4) is 0 Å². The number of carbonyl (C=O) groups excluding carboxylic acids is 1. The van der Waals surface area contributed by atoms with Gasteiger partial charge in [-0.25, -0.2) is 0 Å². The predicted octanol–water partition coefficient (Wildman–Crippen LogP) is 2.92. The summed E-state index contributed by atoms with van der Waals surface area (Å²) < 4.78 is 16.3. The van der Waals surface area contributed by atoms with Crippen molar-refractivity contribution in [3.63, 3.8) is 0 Å². The monoisotopic (exact) mass is 336 g/mol. The Balaban J connectivity index is 2.34. The molecule has 1 aliphatic rings. The van der Waals surface area contributed by atoms with Crippen LogP contribution in [0.2, 0.25) is 0 Å². The molecule has 1 fully saturated rings. The van der Waals surface area contributed by atoms with Crippen molar-refractivity contribution in [2.24, 2.45) is 5.92 Å². The van der Waals surface area contributed by atoms with Gasteiger partial charge in [0.25, 0.3) is 0 Å². The molecular formula is C14H25BrO4. The molecule has 3 unspecified atom stereocenters. The highest BCUT2D eigenvalue weighted by Gasteiger charge is 2.38. The van der Waals surface area contributed by atoms with E-state index in [1.807, 2.05) is 20.8 Å². The van der Waals surface area contributed by atoms with Gasteiger partial charge >= 0.3 is 5.97 Å². The molecular weight excluding hydrogens is 312 g/mol. The van der Waals surface area contributed by atoms with Crippen LogP contribution >= 0.6 is 15.9 Å². The Labute approximate surface area is 124 Å². The minimum atomic E-state index is -0.166. The second-order valence-electron chi connectivity index (χ2n) is 5.56. The minimum absolute atomic E-state index is 0.0373. The maximum Gasteiger partial charge on any atom is 0.309 e. The van der Waals surface area contributed by atoms with Gasteiger partial charge in [-0.15, -0.1) is 0 Å². The Hall–Kier alpha value is -0.130. The molecule has 0 aromatic carbocycles. The lowest BCUT2D eigenvalue weighted by atomic mass is 10.1. The Morgan fingerprint density at radius 2 is 2.05 bits per heavy atom. The molecule has 1 rings (SSSR count). The Kier molecular flexibility index (Phi) is 6.77. The molecule has 5 heteroatoms. The van der Waals surface area contributed by atoms with Crippen LogP contribution in [0, 0.1) is 5.92 Å². The third kappa shape index (κ3) is 5.40. The number of hydrogen-bond acceptors (Lipinski definition) is 4. The average Bonchev–Trinajstić information content (AvgIpc) is 2.71. The fourth-order valence-corrected chi connectivity index (χ4v) is 2.95. The average molecular weight is 337 g/mol. The molecule has 4 nitrogen and oxygen atoms in total. The van der Waals surface area contributed by atoms with Crippen LogP contribution in [-0.4, -0.2) is 42.8 Å². The second-order valence-corrected chi connectivity index (χ2v) is 6.74. The van der Waals surface area contributed by atoms with E-state index in [2.05, 4.69) is 15.9 Å². The molecule has 0 N–H and O–H groups in total. The first-order chi connectivity index (χ1) is 8.89. The fraction of sp³-hybridized carbons (Fsp3) is 0.929. The third-order valence-corrected chi connectivity index (χ3v) is 4.60. The van der Waals surface area contributed by atoms with E-state index in [1.165, 1.54) is 0 Å². The lowest BCUT2D eigenvalue weighted by molar-refractivity contribution is -0.148. The van der Waals surface area contributed by atoms with Gasteiger partial charge in [-0.05, 0) is 40.0 Å². The lowest BCUT2D eigenvalue weighted by Gasteiger charge is -2.24. The van der Waals surface area contributed by atoms with Crippen molar-refractivity contribution in [1.82, 2.24) is 0 Å². The van der Waals surface area contributed by atoms with Gasteiger partial charge in [0, 0.05) is 18.5 Å². The topological polar surface area (TPSA) is 44.8 Å². The number of methoxy groups -OCH3 is 1. The Morgan fingerprint density at radius 1 is 1.37 bits per heavy atom. The molecule has 0 spiro atoms. The van der Waals surface area contributed by atoms with Crippen LogP contribution < -0.4 is 0 Å². The van der Waals surface area contributed by atoms with Crippen molar-refractivity contribution in [2.45, 2.75) is 56.6 Å². The number of rotatable bonds is 7. The quantitative estimate of drug-likeness (QED) is 0.529. The van der Waals surface area contributed by atoms with Crippen LogP contribution in [-0.2, 0) is 19.0 Å². The number of carbonyl (C=O) groups is 1. The van der Waals surface area contributed by atoms with Crippen molar-refractivity contribution in [3.05, 3.63) is 0 Å². The van der Waals surface area contributed by atoms with Gasteiger partial charge in [-0.3, -0.25) is 4.79 Å². The van der Waals surface area contributed by atoms with Crippen molar-refractivity contribution in [3.8, 4) is 0 Å². The predicted molar refractivity (Wildman–Crippen MR) is 77.5 cm³/mol. The molecule has 3 atom stereocenters. The number of ether oxygens (including phenoxy) is 3. The largest absolute Gasteiger partial charge is 0.466 e. The Bertz CT molecular complexity index is 293. The van der Waals surface area contributed by atoms with Crippen molar-refractivity contribution in [2.75, 3.05) is 20.3 Å². The smallest absolute Gasteiger partial charge is 0.309 e.